The normalized spacial score (nSPS) is 26.2. The van der Waals surface area contributed by atoms with E-state index in [1.165, 1.54) is 6.20 Å². The van der Waals surface area contributed by atoms with Crippen molar-refractivity contribution >= 4 is 35.0 Å². The topological polar surface area (TPSA) is 111 Å². The number of primary amides is 1. The third-order valence-corrected chi connectivity index (χ3v) is 5.33. The fourth-order valence-electron chi connectivity index (χ4n) is 3.82. The largest absolute Gasteiger partial charge is 0.369 e. The quantitative estimate of drug-likeness (QED) is 0.669. The highest BCUT2D eigenvalue weighted by atomic mass is 35.5. The number of anilines is 3. The molecular formula is C17H20ClN7O. The van der Waals surface area contributed by atoms with E-state index in [0.717, 1.165) is 18.7 Å². The molecule has 2 heterocycles. The molecule has 0 aliphatic heterocycles. The van der Waals surface area contributed by atoms with Crippen molar-refractivity contribution in [2.45, 2.75) is 25.9 Å². The summed E-state index contributed by atoms with van der Waals surface area (Å²) in [5.74, 6) is 0.784. The van der Waals surface area contributed by atoms with E-state index in [-0.39, 0.29) is 29.7 Å². The molecule has 136 valence electrons. The van der Waals surface area contributed by atoms with E-state index in [0.29, 0.717) is 16.8 Å². The van der Waals surface area contributed by atoms with E-state index in [4.69, 9.17) is 17.3 Å². The number of rotatable bonds is 6. The van der Waals surface area contributed by atoms with Crippen LogP contribution in [-0.2, 0) is 11.3 Å². The van der Waals surface area contributed by atoms with Crippen LogP contribution in [-0.4, -0.2) is 31.7 Å². The first kappa shape index (κ1) is 16.8. The summed E-state index contributed by atoms with van der Waals surface area (Å²) in [7, 11) is 0. The number of nitrogens with zero attached hydrogens (tertiary/aromatic N) is 4. The molecule has 0 radical (unpaired) electrons. The van der Waals surface area contributed by atoms with Crippen molar-refractivity contribution in [2.75, 3.05) is 10.6 Å². The van der Waals surface area contributed by atoms with Crippen molar-refractivity contribution in [1.82, 2.24) is 19.7 Å². The van der Waals surface area contributed by atoms with Crippen molar-refractivity contribution < 1.29 is 4.79 Å². The maximum Gasteiger partial charge on any atom is 0.229 e. The molecule has 0 unspecified atom stereocenters. The van der Waals surface area contributed by atoms with Gasteiger partial charge in [0.05, 0.1) is 24.0 Å². The molecule has 4 atom stereocenters. The first-order valence-electron chi connectivity index (χ1n) is 8.61. The average Bonchev–Trinajstić information content (AvgIpc) is 3.33. The van der Waals surface area contributed by atoms with Gasteiger partial charge in [-0.1, -0.05) is 23.8 Å². The summed E-state index contributed by atoms with van der Waals surface area (Å²) < 4.78 is 1.80. The Balaban J connectivity index is 1.55. The lowest BCUT2D eigenvalue weighted by molar-refractivity contribution is -0.122. The first-order chi connectivity index (χ1) is 12.5. The van der Waals surface area contributed by atoms with Crippen molar-refractivity contribution in [3.8, 4) is 0 Å². The Morgan fingerprint density at radius 1 is 1.38 bits per heavy atom. The number of hydrogen-bond donors (Lipinski definition) is 3. The second-order valence-electron chi connectivity index (χ2n) is 6.65. The fraction of sp³-hybridized carbons (Fsp3) is 0.412. The van der Waals surface area contributed by atoms with Crippen molar-refractivity contribution in [3.05, 3.63) is 35.8 Å². The van der Waals surface area contributed by atoms with Crippen LogP contribution in [0.2, 0.25) is 5.02 Å². The Hall–Kier alpha value is -2.61. The number of aromatic nitrogens is 4. The highest BCUT2D eigenvalue weighted by Gasteiger charge is 2.47. The zero-order chi connectivity index (χ0) is 18.3. The molecule has 2 bridgehead atoms. The lowest BCUT2D eigenvalue weighted by Gasteiger charge is -2.27. The molecule has 2 aliphatic rings. The van der Waals surface area contributed by atoms with Crippen LogP contribution in [0.1, 0.15) is 13.3 Å². The molecule has 0 saturated heterocycles. The summed E-state index contributed by atoms with van der Waals surface area (Å²) in [6, 6.07) is -0.106. The van der Waals surface area contributed by atoms with Crippen LogP contribution in [0.4, 0.5) is 17.5 Å². The molecule has 8 nitrogen and oxygen atoms in total. The van der Waals surface area contributed by atoms with Gasteiger partial charge in [-0.05, 0) is 25.2 Å². The van der Waals surface area contributed by atoms with E-state index in [2.05, 4.69) is 37.9 Å². The van der Waals surface area contributed by atoms with E-state index in [1.54, 1.807) is 10.9 Å². The zero-order valence-corrected chi connectivity index (χ0v) is 15.0. The number of nitrogens with one attached hydrogen (secondary N) is 2. The van der Waals surface area contributed by atoms with E-state index < -0.39 is 0 Å². The second-order valence-corrected chi connectivity index (χ2v) is 7.05. The minimum absolute atomic E-state index is 0.106. The summed E-state index contributed by atoms with van der Waals surface area (Å²) >= 11 is 6.27. The molecule has 0 aromatic carbocycles. The minimum Gasteiger partial charge on any atom is -0.369 e. The van der Waals surface area contributed by atoms with Gasteiger partial charge in [-0.15, -0.1) is 0 Å². The fourth-order valence-corrected chi connectivity index (χ4v) is 3.97. The van der Waals surface area contributed by atoms with Gasteiger partial charge in [0, 0.05) is 18.8 Å². The van der Waals surface area contributed by atoms with Gasteiger partial charge >= 0.3 is 0 Å². The van der Waals surface area contributed by atoms with Crippen LogP contribution in [0.25, 0.3) is 0 Å². The third kappa shape index (κ3) is 3.01. The molecule has 1 fully saturated rings. The predicted octanol–water partition coefficient (Wildman–Crippen LogP) is 2.18. The van der Waals surface area contributed by atoms with Gasteiger partial charge in [0.25, 0.3) is 0 Å². The van der Waals surface area contributed by atoms with Crippen molar-refractivity contribution in [1.29, 1.82) is 0 Å². The molecule has 1 amide bonds. The van der Waals surface area contributed by atoms with Crippen LogP contribution in [0.15, 0.2) is 30.7 Å². The summed E-state index contributed by atoms with van der Waals surface area (Å²) in [4.78, 5) is 20.6. The number of fused-ring (bicyclic) bond motifs is 2. The molecule has 2 aliphatic carbocycles. The standard InChI is InChI=1S/C17H20ClN7O/c1-2-25-8-11(6-21-25)22-17-20-7-12(18)16(24-17)23-14-10-4-3-9(5-10)13(14)15(19)26/h3-4,6-10,13-14H,2,5H2,1H3,(H2,19,26)(H2,20,22,23,24)/t9-,10-,13-,14+/m1/s1. The molecule has 9 heteroatoms. The number of aryl methyl sites for hydroxylation is 1. The lowest BCUT2D eigenvalue weighted by Crippen LogP contribution is -2.41. The zero-order valence-electron chi connectivity index (χ0n) is 14.3. The van der Waals surface area contributed by atoms with Gasteiger partial charge in [-0.3, -0.25) is 9.48 Å². The predicted molar refractivity (Wildman–Crippen MR) is 99.1 cm³/mol. The van der Waals surface area contributed by atoms with Crippen molar-refractivity contribution in [3.63, 3.8) is 0 Å². The maximum atomic E-state index is 11.9. The molecule has 2 aromatic rings. The molecule has 4 N–H and O–H groups in total. The van der Waals surface area contributed by atoms with Gasteiger partial charge in [-0.25, -0.2) is 4.98 Å². The number of hydrogen-bond acceptors (Lipinski definition) is 6. The van der Waals surface area contributed by atoms with Gasteiger partial charge < -0.3 is 16.4 Å². The molecular weight excluding hydrogens is 354 g/mol. The van der Waals surface area contributed by atoms with Gasteiger partial charge in [0.15, 0.2) is 5.82 Å². The second kappa shape index (κ2) is 6.60. The Labute approximate surface area is 155 Å². The number of allylic oxidation sites excluding steroid dienone is 1. The first-order valence-corrected chi connectivity index (χ1v) is 8.99. The van der Waals surface area contributed by atoms with Crippen LogP contribution in [0, 0.1) is 17.8 Å². The van der Waals surface area contributed by atoms with Crippen molar-refractivity contribution in [2.24, 2.45) is 23.5 Å². The summed E-state index contributed by atoms with van der Waals surface area (Å²) in [6.45, 7) is 2.79. The lowest BCUT2D eigenvalue weighted by atomic mass is 9.88. The average molecular weight is 374 g/mol. The van der Waals surface area contributed by atoms with Crippen LogP contribution >= 0.6 is 11.6 Å². The third-order valence-electron chi connectivity index (χ3n) is 5.05. The van der Waals surface area contributed by atoms with Gasteiger partial charge in [-0.2, -0.15) is 10.1 Å². The highest BCUT2D eigenvalue weighted by Crippen LogP contribution is 2.45. The number of carbonyl (C=O) groups excluding carboxylic acids is 1. The highest BCUT2D eigenvalue weighted by molar-refractivity contribution is 6.32. The summed E-state index contributed by atoms with van der Waals surface area (Å²) in [5.41, 5.74) is 6.40. The number of halogens is 1. The monoisotopic (exact) mass is 373 g/mol. The molecule has 4 rings (SSSR count). The number of nitrogens with two attached hydrogens (primary N) is 1. The smallest absolute Gasteiger partial charge is 0.229 e. The Morgan fingerprint density at radius 3 is 2.92 bits per heavy atom. The van der Waals surface area contributed by atoms with E-state index >= 15 is 0 Å². The minimum atomic E-state index is -0.296. The van der Waals surface area contributed by atoms with Gasteiger partial charge in [0.2, 0.25) is 11.9 Å². The van der Waals surface area contributed by atoms with E-state index in [1.807, 2.05) is 13.1 Å². The van der Waals surface area contributed by atoms with E-state index in [9.17, 15) is 4.79 Å². The Kier molecular flexibility index (Phi) is 4.28. The number of carbonyl (C=O) groups is 1. The van der Waals surface area contributed by atoms with Crippen LogP contribution < -0.4 is 16.4 Å². The van der Waals surface area contributed by atoms with Gasteiger partial charge in [0.1, 0.15) is 5.02 Å². The Bertz CT molecular complexity index is 865. The Morgan fingerprint density at radius 2 is 2.19 bits per heavy atom. The summed E-state index contributed by atoms with van der Waals surface area (Å²) in [5, 5.41) is 11.0. The van der Waals surface area contributed by atoms with Crippen LogP contribution in [0.5, 0.6) is 0 Å². The molecule has 2 aromatic heterocycles. The number of amides is 1. The molecule has 26 heavy (non-hydrogen) atoms. The SMILES string of the molecule is CCn1cc(Nc2ncc(Cl)c(N[C@@H]3[C@H](C(N)=O)[C@@H]4C=C[C@@H]3C4)n2)cn1. The molecule has 0 spiro atoms. The summed E-state index contributed by atoms with van der Waals surface area (Å²) in [6.07, 6.45) is 10.3. The maximum absolute atomic E-state index is 11.9. The molecule has 1 saturated carbocycles. The van der Waals surface area contributed by atoms with Crippen LogP contribution in [0.3, 0.4) is 0 Å².